The van der Waals surface area contributed by atoms with Crippen molar-refractivity contribution in [1.29, 1.82) is 0 Å². The van der Waals surface area contributed by atoms with Crippen molar-refractivity contribution in [2.75, 3.05) is 13.6 Å². The van der Waals surface area contributed by atoms with E-state index < -0.39 is 10.0 Å². The molecule has 0 atom stereocenters. The smallest absolute Gasteiger partial charge is 0.242 e. The largest absolute Gasteiger partial charge is 0.265 e. The predicted octanol–water partition coefficient (Wildman–Crippen LogP) is 1.99. The third kappa shape index (κ3) is 3.53. The SMILES string of the molecule is CN(CCc1ccncc1)S(=O)(=O)c1ccnc(Cl)c1. The van der Waals surface area contributed by atoms with Gasteiger partial charge in [0.05, 0.1) is 4.90 Å². The van der Waals surface area contributed by atoms with E-state index in [4.69, 9.17) is 11.6 Å². The summed E-state index contributed by atoms with van der Waals surface area (Å²) in [6, 6.07) is 6.51. The maximum absolute atomic E-state index is 12.3. The Balaban J connectivity index is 2.10. The second-order valence-corrected chi connectivity index (χ2v) is 6.68. The fraction of sp³-hybridized carbons (Fsp3) is 0.231. The summed E-state index contributed by atoms with van der Waals surface area (Å²) in [5.74, 6) is 0. The first-order valence-corrected chi connectivity index (χ1v) is 7.79. The average molecular weight is 312 g/mol. The second-order valence-electron chi connectivity index (χ2n) is 4.25. The highest BCUT2D eigenvalue weighted by atomic mass is 35.5. The number of sulfonamides is 1. The Hall–Kier alpha value is -1.50. The fourth-order valence-corrected chi connectivity index (χ4v) is 3.10. The Morgan fingerprint density at radius 2 is 1.90 bits per heavy atom. The second kappa shape index (κ2) is 6.30. The number of nitrogens with zero attached hydrogens (tertiary/aromatic N) is 3. The normalized spacial score (nSPS) is 11.8. The van der Waals surface area contributed by atoms with Crippen LogP contribution in [0.25, 0.3) is 0 Å². The lowest BCUT2D eigenvalue weighted by Crippen LogP contribution is -2.29. The maximum atomic E-state index is 12.3. The van der Waals surface area contributed by atoms with Gasteiger partial charge in [0.1, 0.15) is 5.15 Å². The van der Waals surface area contributed by atoms with E-state index in [0.717, 1.165) is 5.56 Å². The number of halogens is 1. The molecule has 0 aliphatic carbocycles. The molecule has 2 aromatic rings. The Labute approximate surface area is 123 Å². The highest BCUT2D eigenvalue weighted by molar-refractivity contribution is 7.89. The van der Waals surface area contributed by atoms with E-state index in [9.17, 15) is 8.42 Å². The Kier molecular flexibility index (Phi) is 4.69. The van der Waals surface area contributed by atoms with Crippen LogP contribution in [0.2, 0.25) is 5.15 Å². The summed E-state index contributed by atoms with van der Waals surface area (Å²) in [5, 5.41) is 0.161. The quantitative estimate of drug-likeness (QED) is 0.792. The zero-order chi connectivity index (χ0) is 14.6. The number of pyridine rings is 2. The molecule has 2 heterocycles. The first kappa shape index (κ1) is 14.9. The summed E-state index contributed by atoms with van der Waals surface area (Å²) in [5.41, 5.74) is 1.04. The zero-order valence-electron chi connectivity index (χ0n) is 10.9. The summed E-state index contributed by atoms with van der Waals surface area (Å²) < 4.78 is 26.0. The Morgan fingerprint density at radius 1 is 1.20 bits per heavy atom. The minimum atomic E-state index is -3.54. The van der Waals surface area contributed by atoms with Crippen molar-refractivity contribution in [3.05, 3.63) is 53.6 Å². The van der Waals surface area contributed by atoms with E-state index in [1.54, 1.807) is 19.4 Å². The molecule has 0 aliphatic heterocycles. The van der Waals surface area contributed by atoms with Gasteiger partial charge in [-0.1, -0.05) is 11.6 Å². The maximum Gasteiger partial charge on any atom is 0.242 e. The summed E-state index contributed by atoms with van der Waals surface area (Å²) in [6.07, 6.45) is 5.38. The van der Waals surface area contributed by atoms with E-state index in [1.807, 2.05) is 12.1 Å². The highest BCUT2D eigenvalue weighted by Gasteiger charge is 2.20. The third-order valence-corrected chi connectivity index (χ3v) is 4.93. The van der Waals surface area contributed by atoms with E-state index in [0.29, 0.717) is 13.0 Å². The molecule has 0 bridgehead atoms. The lowest BCUT2D eigenvalue weighted by molar-refractivity contribution is 0.472. The molecule has 2 rings (SSSR count). The van der Waals surface area contributed by atoms with Crippen molar-refractivity contribution in [3.8, 4) is 0 Å². The minimum Gasteiger partial charge on any atom is -0.265 e. The lowest BCUT2D eigenvalue weighted by Gasteiger charge is -2.17. The summed E-state index contributed by atoms with van der Waals surface area (Å²) in [4.78, 5) is 7.85. The van der Waals surface area contributed by atoms with Crippen LogP contribution in [0, 0.1) is 0 Å². The van der Waals surface area contributed by atoms with Crippen molar-refractivity contribution in [3.63, 3.8) is 0 Å². The molecule has 2 aromatic heterocycles. The lowest BCUT2D eigenvalue weighted by atomic mass is 10.2. The molecule has 0 N–H and O–H groups in total. The number of likely N-dealkylation sites (N-methyl/N-ethyl adjacent to an activating group) is 1. The van der Waals surface area contributed by atoms with Gasteiger partial charge in [0, 0.05) is 32.2 Å². The topological polar surface area (TPSA) is 63.2 Å². The Morgan fingerprint density at radius 3 is 2.55 bits per heavy atom. The van der Waals surface area contributed by atoms with Gasteiger partial charge in [0.15, 0.2) is 0 Å². The monoisotopic (exact) mass is 311 g/mol. The van der Waals surface area contributed by atoms with Crippen LogP contribution < -0.4 is 0 Å². The zero-order valence-corrected chi connectivity index (χ0v) is 12.5. The first-order chi connectivity index (χ1) is 9.50. The molecule has 0 amide bonds. The number of aromatic nitrogens is 2. The predicted molar refractivity (Wildman–Crippen MR) is 77.0 cm³/mol. The van der Waals surface area contributed by atoms with Crippen LogP contribution in [0.3, 0.4) is 0 Å². The molecule has 7 heteroatoms. The van der Waals surface area contributed by atoms with Crippen molar-refractivity contribution in [1.82, 2.24) is 14.3 Å². The standard InChI is InChI=1S/C13H14ClN3O2S/c1-17(9-5-11-2-6-15-7-3-11)20(18,19)12-4-8-16-13(14)10-12/h2-4,6-8,10H,5,9H2,1H3. The molecule has 0 spiro atoms. The number of hydrogen-bond acceptors (Lipinski definition) is 4. The summed E-state index contributed by atoms with van der Waals surface area (Å²) >= 11 is 5.73. The summed E-state index contributed by atoms with van der Waals surface area (Å²) in [6.45, 7) is 0.381. The van der Waals surface area contributed by atoms with Crippen LogP contribution >= 0.6 is 11.6 Å². The molecule has 20 heavy (non-hydrogen) atoms. The van der Waals surface area contributed by atoms with Gasteiger partial charge in [-0.15, -0.1) is 0 Å². The molecule has 0 aromatic carbocycles. The van der Waals surface area contributed by atoms with Crippen molar-refractivity contribution in [2.45, 2.75) is 11.3 Å². The Bertz CT molecular complexity index is 677. The van der Waals surface area contributed by atoms with Crippen LogP contribution in [-0.4, -0.2) is 36.3 Å². The van der Waals surface area contributed by atoms with Gasteiger partial charge in [-0.3, -0.25) is 4.98 Å². The molecule has 0 fully saturated rings. The van der Waals surface area contributed by atoms with Gasteiger partial charge in [-0.05, 0) is 36.2 Å². The van der Waals surface area contributed by atoms with Crippen LogP contribution in [0.4, 0.5) is 0 Å². The molecule has 0 saturated carbocycles. The van der Waals surface area contributed by atoms with Crippen molar-refractivity contribution in [2.24, 2.45) is 0 Å². The van der Waals surface area contributed by atoms with Crippen LogP contribution in [0.5, 0.6) is 0 Å². The van der Waals surface area contributed by atoms with Crippen molar-refractivity contribution >= 4 is 21.6 Å². The van der Waals surface area contributed by atoms with Gasteiger partial charge >= 0.3 is 0 Å². The van der Waals surface area contributed by atoms with E-state index in [1.165, 1.54) is 22.6 Å². The molecule has 5 nitrogen and oxygen atoms in total. The third-order valence-electron chi connectivity index (χ3n) is 2.87. The van der Waals surface area contributed by atoms with Gasteiger partial charge < -0.3 is 0 Å². The summed E-state index contributed by atoms with van der Waals surface area (Å²) in [7, 11) is -1.99. The molecule has 0 radical (unpaired) electrons. The van der Waals surface area contributed by atoms with E-state index in [2.05, 4.69) is 9.97 Å². The molecule has 0 aliphatic rings. The van der Waals surface area contributed by atoms with Crippen molar-refractivity contribution < 1.29 is 8.42 Å². The molecule has 0 saturated heterocycles. The molecule has 0 unspecified atom stereocenters. The highest BCUT2D eigenvalue weighted by Crippen LogP contribution is 2.17. The van der Waals surface area contributed by atoms with Crippen LogP contribution in [-0.2, 0) is 16.4 Å². The van der Waals surface area contributed by atoms with Gasteiger partial charge in [0.2, 0.25) is 10.0 Å². The first-order valence-electron chi connectivity index (χ1n) is 5.97. The van der Waals surface area contributed by atoms with Crippen LogP contribution in [0.1, 0.15) is 5.56 Å². The number of rotatable bonds is 5. The minimum absolute atomic E-state index is 0.148. The molecular weight excluding hydrogens is 298 g/mol. The van der Waals surface area contributed by atoms with Crippen LogP contribution in [0.15, 0.2) is 47.8 Å². The van der Waals surface area contributed by atoms with Gasteiger partial charge in [-0.2, -0.15) is 0 Å². The molecular formula is C13H14ClN3O2S. The molecule has 106 valence electrons. The average Bonchev–Trinajstić information content (AvgIpc) is 2.45. The van der Waals surface area contributed by atoms with E-state index >= 15 is 0 Å². The van der Waals surface area contributed by atoms with Gasteiger partial charge in [-0.25, -0.2) is 17.7 Å². The van der Waals surface area contributed by atoms with E-state index in [-0.39, 0.29) is 10.0 Å². The van der Waals surface area contributed by atoms with Gasteiger partial charge in [0.25, 0.3) is 0 Å². The fourth-order valence-electron chi connectivity index (χ4n) is 1.68. The number of hydrogen-bond donors (Lipinski definition) is 0.